The second-order valence-electron chi connectivity index (χ2n) is 7.69. The fourth-order valence-electron chi connectivity index (χ4n) is 4.05. The number of allylic oxidation sites excluding steroid dienone is 2. The van der Waals surface area contributed by atoms with Gasteiger partial charge in [0.1, 0.15) is 23.0 Å². The minimum atomic E-state index is -1.33. The number of hydrogen-bond donors (Lipinski definition) is 7. The van der Waals surface area contributed by atoms with Gasteiger partial charge in [0.2, 0.25) is 5.91 Å². The predicted molar refractivity (Wildman–Crippen MR) is 125 cm³/mol. The highest BCUT2D eigenvalue weighted by molar-refractivity contribution is 6.00. The Bertz CT molecular complexity index is 1150. The van der Waals surface area contributed by atoms with E-state index < -0.39 is 41.4 Å². The quantitative estimate of drug-likeness (QED) is 0.140. The molecule has 10 nitrogen and oxygen atoms in total. The predicted octanol–water partition coefficient (Wildman–Crippen LogP) is 2.84. The van der Waals surface area contributed by atoms with Gasteiger partial charge in [-0.2, -0.15) is 0 Å². The molecule has 180 valence electrons. The first kappa shape index (κ1) is 24.6. The number of nitrogens with one attached hydrogen (secondary N) is 1. The minimum Gasteiger partial charge on any atom is -0.508 e. The average molecular weight is 470 g/mol. The fourth-order valence-corrected chi connectivity index (χ4v) is 4.05. The van der Waals surface area contributed by atoms with E-state index in [0.717, 1.165) is 18.5 Å². The van der Waals surface area contributed by atoms with E-state index in [0.29, 0.717) is 0 Å². The Kier molecular flexibility index (Phi) is 7.44. The molecule has 0 spiro atoms. The Hall–Kier alpha value is -4.02. The minimum absolute atomic E-state index is 0.00933. The van der Waals surface area contributed by atoms with Crippen molar-refractivity contribution in [2.75, 3.05) is 5.32 Å². The van der Waals surface area contributed by atoms with E-state index in [2.05, 4.69) is 10.3 Å². The number of phenolic OH excluding ortho intramolecular Hbond substituents is 4. The number of aliphatic imine (C=N–C) groups is 1. The molecule has 2 aromatic carbocycles. The number of amides is 1. The van der Waals surface area contributed by atoms with E-state index >= 15 is 0 Å². The summed E-state index contributed by atoms with van der Waals surface area (Å²) in [5.41, 5.74) is 0.147. The molecule has 1 amide bonds. The van der Waals surface area contributed by atoms with Crippen LogP contribution in [-0.2, 0) is 9.53 Å². The van der Waals surface area contributed by atoms with Crippen LogP contribution in [0.15, 0.2) is 53.7 Å². The lowest BCUT2D eigenvalue weighted by molar-refractivity contribution is -0.112. The number of aliphatic hydroxyl groups excluding tert-OH is 2. The van der Waals surface area contributed by atoms with E-state index in [-0.39, 0.29) is 34.0 Å². The average Bonchev–Trinajstić information content (AvgIpc) is 2.75. The molecule has 3 rings (SSSR count). The van der Waals surface area contributed by atoms with Gasteiger partial charge in [0.15, 0.2) is 6.40 Å². The highest BCUT2D eigenvalue weighted by Gasteiger charge is 2.53. The molecular formula is C24H26N2O8. The van der Waals surface area contributed by atoms with Crippen LogP contribution in [-0.4, -0.2) is 55.2 Å². The van der Waals surface area contributed by atoms with Crippen LogP contribution in [0.4, 0.5) is 11.4 Å². The summed E-state index contributed by atoms with van der Waals surface area (Å²) >= 11 is 0. The molecule has 0 saturated heterocycles. The molecule has 1 saturated carbocycles. The second-order valence-corrected chi connectivity index (χ2v) is 7.69. The molecule has 1 aliphatic rings. The van der Waals surface area contributed by atoms with Crippen LogP contribution >= 0.6 is 0 Å². The summed E-state index contributed by atoms with van der Waals surface area (Å²) < 4.78 is 5.03. The summed E-state index contributed by atoms with van der Waals surface area (Å²) in [5.74, 6) is -4.12. The maximum absolute atomic E-state index is 12.1. The Morgan fingerprint density at radius 3 is 2.12 bits per heavy atom. The highest BCUT2D eigenvalue weighted by atomic mass is 16.5. The van der Waals surface area contributed by atoms with Crippen molar-refractivity contribution in [2.24, 2.45) is 4.99 Å². The molecule has 1 fully saturated rings. The largest absolute Gasteiger partial charge is 0.508 e. The van der Waals surface area contributed by atoms with Crippen molar-refractivity contribution in [3.63, 3.8) is 0 Å². The van der Waals surface area contributed by atoms with Gasteiger partial charge in [-0.25, -0.2) is 4.99 Å². The van der Waals surface area contributed by atoms with Crippen molar-refractivity contribution in [1.29, 1.82) is 0 Å². The number of benzene rings is 2. The van der Waals surface area contributed by atoms with Crippen LogP contribution in [0.3, 0.4) is 0 Å². The third-order valence-corrected chi connectivity index (χ3v) is 5.45. The summed E-state index contributed by atoms with van der Waals surface area (Å²) in [7, 11) is 0. The van der Waals surface area contributed by atoms with Gasteiger partial charge in [0.05, 0.1) is 29.8 Å². The van der Waals surface area contributed by atoms with Crippen molar-refractivity contribution >= 4 is 23.7 Å². The second kappa shape index (κ2) is 10.3. The van der Waals surface area contributed by atoms with Crippen molar-refractivity contribution in [2.45, 2.75) is 37.9 Å². The van der Waals surface area contributed by atoms with Crippen molar-refractivity contribution < 1.29 is 40.2 Å². The molecule has 0 aromatic heterocycles. The van der Waals surface area contributed by atoms with E-state index in [9.17, 15) is 35.4 Å². The SMILES string of the molecule is CC=CC(=O)Nc1cc(O)cc(O)c1C1C(O)C(c2c(O)cc(O)cc2N=CO/C=C\C)C1O. The maximum Gasteiger partial charge on any atom is 0.248 e. The third-order valence-electron chi connectivity index (χ3n) is 5.45. The Balaban J connectivity index is 2.00. The molecule has 10 heteroatoms. The summed E-state index contributed by atoms with van der Waals surface area (Å²) in [6, 6.07) is 4.50. The van der Waals surface area contributed by atoms with Crippen LogP contribution in [0.5, 0.6) is 23.0 Å². The number of hydrogen-bond acceptors (Lipinski definition) is 9. The van der Waals surface area contributed by atoms with Crippen LogP contribution in [0.2, 0.25) is 0 Å². The number of anilines is 1. The number of aromatic hydroxyl groups is 4. The molecule has 2 aromatic rings. The van der Waals surface area contributed by atoms with E-state index in [1.54, 1.807) is 19.9 Å². The first-order valence-corrected chi connectivity index (χ1v) is 10.4. The normalized spacial score (nSPS) is 22.4. The van der Waals surface area contributed by atoms with Crippen molar-refractivity contribution in [3.05, 3.63) is 59.9 Å². The number of phenols is 4. The van der Waals surface area contributed by atoms with Gasteiger partial charge in [-0.05, 0) is 19.9 Å². The summed E-state index contributed by atoms with van der Waals surface area (Å²) in [5, 5.41) is 65.2. The zero-order valence-electron chi connectivity index (χ0n) is 18.5. The number of nitrogens with zero attached hydrogens (tertiary/aromatic N) is 1. The molecule has 0 bridgehead atoms. The maximum atomic E-state index is 12.1. The number of carbonyl (C=O) groups is 1. The van der Waals surface area contributed by atoms with Crippen LogP contribution in [0.25, 0.3) is 0 Å². The van der Waals surface area contributed by atoms with Gasteiger partial charge in [0, 0.05) is 47.2 Å². The van der Waals surface area contributed by atoms with Crippen LogP contribution < -0.4 is 5.32 Å². The Morgan fingerprint density at radius 2 is 1.50 bits per heavy atom. The van der Waals surface area contributed by atoms with Crippen LogP contribution in [0, 0.1) is 0 Å². The molecule has 2 atom stereocenters. The number of ether oxygens (including phenoxy) is 1. The van der Waals surface area contributed by atoms with Gasteiger partial charge in [-0.3, -0.25) is 4.79 Å². The lowest BCUT2D eigenvalue weighted by atomic mass is 9.62. The molecule has 1 aliphatic carbocycles. The smallest absolute Gasteiger partial charge is 0.248 e. The molecule has 2 unspecified atom stereocenters. The van der Waals surface area contributed by atoms with E-state index in [1.807, 2.05) is 0 Å². The highest BCUT2D eigenvalue weighted by Crippen LogP contribution is 2.56. The van der Waals surface area contributed by atoms with Gasteiger partial charge >= 0.3 is 0 Å². The van der Waals surface area contributed by atoms with Gasteiger partial charge < -0.3 is 40.7 Å². The standard InChI is InChI=1S/C24H26N2O8/c1-3-5-18(31)26-15-8-13(28)10-17(30)20(15)22-23(32)21(24(22)33)19-14(25-11-34-6-4-2)7-12(27)9-16(19)29/h3-11,21-24,27-30,32-33H,1-2H3,(H,26,31)/b5-3?,6-4-,25-11?. The molecule has 0 radical (unpaired) electrons. The summed E-state index contributed by atoms with van der Waals surface area (Å²) in [6.07, 6.45) is 4.10. The van der Waals surface area contributed by atoms with Crippen molar-refractivity contribution in [3.8, 4) is 23.0 Å². The van der Waals surface area contributed by atoms with Gasteiger partial charge in [-0.15, -0.1) is 0 Å². The number of rotatable bonds is 7. The van der Waals surface area contributed by atoms with E-state index in [4.69, 9.17) is 4.74 Å². The lowest BCUT2D eigenvalue weighted by Crippen LogP contribution is -2.52. The van der Waals surface area contributed by atoms with Crippen LogP contribution in [0.1, 0.15) is 36.8 Å². The zero-order valence-corrected chi connectivity index (χ0v) is 18.5. The van der Waals surface area contributed by atoms with E-state index in [1.165, 1.54) is 30.5 Å². The number of carbonyl (C=O) groups excluding carboxylic acids is 1. The van der Waals surface area contributed by atoms with Gasteiger partial charge in [0.25, 0.3) is 0 Å². The van der Waals surface area contributed by atoms with Gasteiger partial charge in [-0.1, -0.05) is 12.2 Å². The Labute approximate surface area is 195 Å². The molecule has 0 aliphatic heterocycles. The zero-order chi connectivity index (χ0) is 25.0. The lowest BCUT2D eigenvalue weighted by Gasteiger charge is -2.47. The third kappa shape index (κ3) is 4.82. The first-order valence-electron chi connectivity index (χ1n) is 10.4. The molecule has 0 heterocycles. The monoisotopic (exact) mass is 470 g/mol. The molecular weight excluding hydrogens is 444 g/mol. The topological polar surface area (TPSA) is 172 Å². The Morgan fingerprint density at radius 1 is 0.912 bits per heavy atom. The molecule has 7 N–H and O–H groups in total. The number of aliphatic hydroxyl groups is 2. The summed E-state index contributed by atoms with van der Waals surface area (Å²) in [6.45, 7) is 3.37. The summed E-state index contributed by atoms with van der Waals surface area (Å²) in [4.78, 5) is 16.1. The first-order chi connectivity index (χ1) is 16.2. The molecule has 34 heavy (non-hydrogen) atoms. The fraction of sp³-hybridized carbons (Fsp3) is 0.250. The van der Waals surface area contributed by atoms with Crippen molar-refractivity contribution in [1.82, 2.24) is 0 Å².